The van der Waals surface area contributed by atoms with Crippen LogP contribution in [0.4, 0.5) is 0 Å². The van der Waals surface area contributed by atoms with E-state index in [1.165, 1.54) is 23.3 Å². The maximum absolute atomic E-state index is 12.3. The maximum atomic E-state index is 12.3. The Kier molecular flexibility index (Phi) is 2.79. The van der Waals surface area contributed by atoms with E-state index in [2.05, 4.69) is 11.5 Å². The molecule has 2 unspecified atom stereocenters. The predicted octanol–water partition coefficient (Wildman–Crippen LogP) is 3.00. The van der Waals surface area contributed by atoms with Gasteiger partial charge in [0.25, 0.3) is 0 Å². The normalized spacial score (nSPS) is 27.5. The second-order valence-electron chi connectivity index (χ2n) is 5.10. The molecule has 17 heavy (non-hydrogen) atoms. The van der Waals surface area contributed by atoms with Crippen LogP contribution in [0.2, 0.25) is 0 Å². The van der Waals surface area contributed by atoms with Gasteiger partial charge < -0.3 is 4.90 Å². The first-order valence-electron chi connectivity index (χ1n) is 6.24. The number of thiophene rings is 1. The van der Waals surface area contributed by atoms with Crippen molar-refractivity contribution in [2.75, 3.05) is 0 Å². The summed E-state index contributed by atoms with van der Waals surface area (Å²) in [6.45, 7) is 4.09. The summed E-state index contributed by atoms with van der Waals surface area (Å²) in [5.41, 5.74) is 1.33. The highest BCUT2D eigenvalue weighted by atomic mass is 32.1. The molecular weight excluding hydrogens is 230 g/mol. The average Bonchev–Trinajstić information content (AvgIpc) is 2.86. The monoisotopic (exact) mass is 247 g/mol. The van der Waals surface area contributed by atoms with E-state index in [0.717, 1.165) is 12.8 Å². The Bertz CT molecular complexity index is 421. The molecule has 2 aliphatic rings. The molecule has 0 N–H and O–H groups in total. The fraction of sp³-hybridized carbons (Fsp3) is 0.500. The minimum atomic E-state index is 0.312. The number of piperidine rings is 1. The first-order chi connectivity index (χ1) is 8.24. The molecule has 1 amide bonds. The van der Waals surface area contributed by atoms with Crippen LogP contribution >= 0.6 is 11.3 Å². The van der Waals surface area contributed by atoms with Crippen LogP contribution in [-0.4, -0.2) is 22.9 Å². The lowest BCUT2D eigenvalue weighted by molar-refractivity contribution is -0.134. The standard InChI is InChI=1S/C14H17NOS/c1-10-7-11-4-5-12(8-10)15(11)14(16)9-13-3-2-6-17-13/h2-3,6,11-12H,1,4-5,7-9H2. The molecule has 2 saturated heterocycles. The summed E-state index contributed by atoms with van der Waals surface area (Å²) in [6.07, 6.45) is 4.95. The number of hydrogen-bond acceptors (Lipinski definition) is 2. The van der Waals surface area contributed by atoms with Crippen LogP contribution < -0.4 is 0 Å². The van der Waals surface area contributed by atoms with Gasteiger partial charge in [0.1, 0.15) is 0 Å². The highest BCUT2D eigenvalue weighted by molar-refractivity contribution is 7.10. The third-order valence-corrected chi connectivity index (χ3v) is 4.74. The fourth-order valence-electron chi connectivity index (χ4n) is 3.17. The Morgan fingerprint density at radius 2 is 2.12 bits per heavy atom. The van der Waals surface area contributed by atoms with E-state index in [4.69, 9.17) is 0 Å². The Hall–Kier alpha value is -1.09. The lowest BCUT2D eigenvalue weighted by Crippen LogP contribution is -2.45. The summed E-state index contributed by atoms with van der Waals surface area (Å²) in [7, 11) is 0. The summed E-state index contributed by atoms with van der Waals surface area (Å²) in [4.78, 5) is 15.7. The smallest absolute Gasteiger partial charge is 0.228 e. The molecule has 3 heterocycles. The SMILES string of the molecule is C=C1CC2CCC(C1)N2C(=O)Cc1cccs1. The third-order valence-electron chi connectivity index (χ3n) is 3.86. The molecule has 0 saturated carbocycles. The summed E-state index contributed by atoms with van der Waals surface area (Å²) < 4.78 is 0. The summed E-state index contributed by atoms with van der Waals surface area (Å²) in [6, 6.07) is 4.94. The van der Waals surface area contributed by atoms with Gasteiger partial charge in [-0.15, -0.1) is 11.3 Å². The van der Waals surface area contributed by atoms with Gasteiger partial charge in [-0.05, 0) is 37.1 Å². The van der Waals surface area contributed by atoms with Gasteiger partial charge in [-0.2, -0.15) is 0 Å². The number of carbonyl (C=O) groups excluding carboxylic acids is 1. The average molecular weight is 247 g/mol. The van der Waals surface area contributed by atoms with E-state index in [0.29, 0.717) is 24.4 Å². The van der Waals surface area contributed by atoms with Crippen LogP contribution in [0.25, 0.3) is 0 Å². The molecule has 90 valence electrons. The van der Waals surface area contributed by atoms with Crippen LogP contribution in [0, 0.1) is 0 Å². The Balaban J connectivity index is 1.72. The number of nitrogens with zero attached hydrogens (tertiary/aromatic N) is 1. The topological polar surface area (TPSA) is 20.3 Å². The van der Waals surface area contributed by atoms with E-state index in [-0.39, 0.29) is 0 Å². The molecule has 3 heteroatoms. The van der Waals surface area contributed by atoms with E-state index in [1.54, 1.807) is 11.3 Å². The minimum absolute atomic E-state index is 0.312. The van der Waals surface area contributed by atoms with Crippen molar-refractivity contribution in [3.63, 3.8) is 0 Å². The Labute approximate surface area is 106 Å². The van der Waals surface area contributed by atoms with Crippen molar-refractivity contribution >= 4 is 17.2 Å². The van der Waals surface area contributed by atoms with Gasteiger partial charge in [0.05, 0.1) is 6.42 Å². The molecule has 1 aromatic rings. The first-order valence-corrected chi connectivity index (χ1v) is 7.12. The van der Waals surface area contributed by atoms with Gasteiger partial charge in [0.15, 0.2) is 0 Å². The minimum Gasteiger partial charge on any atom is -0.336 e. The van der Waals surface area contributed by atoms with Crippen LogP contribution in [0.5, 0.6) is 0 Å². The van der Waals surface area contributed by atoms with E-state index < -0.39 is 0 Å². The van der Waals surface area contributed by atoms with Crippen LogP contribution in [0.15, 0.2) is 29.7 Å². The van der Waals surface area contributed by atoms with Crippen LogP contribution in [0.3, 0.4) is 0 Å². The zero-order valence-electron chi connectivity index (χ0n) is 9.89. The molecule has 0 aliphatic carbocycles. The largest absolute Gasteiger partial charge is 0.336 e. The van der Waals surface area contributed by atoms with Crippen molar-refractivity contribution in [1.29, 1.82) is 0 Å². The first kappa shape index (κ1) is 11.0. The molecule has 2 nitrogen and oxygen atoms in total. The summed E-state index contributed by atoms with van der Waals surface area (Å²) in [5.74, 6) is 0.312. The zero-order valence-corrected chi connectivity index (χ0v) is 10.7. The molecule has 0 aromatic carbocycles. The third kappa shape index (κ3) is 2.04. The van der Waals surface area contributed by atoms with E-state index in [9.17, 15) is 4.79 Å². The number of amides is 1. The van der Waals surface area contributed by atoms with Crippen molar-refractivity contribution in [3.05, 3.63) is 34.5 Å². The Morgan fingerprint density at radius 1 is 1.41 bits per heavy atom. The molecule has 2 atom stereocenters. The van der Waals surface area contributed by atoms with Gasteiger partial charge in [-0.1, -0.05) is 18.2 Å². The highest BCUT2D eigenvalue weighted by Gasteiger charge is 2.40. The number of fused-ring (bicyclic) bond motifs is 2. The van der Waals surface area contributed by atoms with Crippen molar-refractivity contribution in [3.8, 4) is 0 Å². The second kappa shape index (κ2) is 4.30. The number of carbonyl (C=O) groups is 1. The zero-order chi connectivity index (χ0) is 11.8. The van der Waals surface area contributed by atoms with E-state index in [1.807, 2.05) is 17.5 Å². The molecule has 2 bridgehead atoms. The Morgan fingerprint density at radius 3 is 2.71 bits per heavy atom. The molecular formula is C14H17NOS. The quantitative estimate of drug-likeness (QED) is 0.736. The van der Waals surface area contributed by atoms with Crippen molar-refractivity contribution < 1.29 is 4.79 Å². The van der Waals surface area contributed by atoms with Crippen LogP contribution in [-0.2, 0) is 11.2 Å². The van der Waals surface area contributed by atoms with Crippen molar-refractivity contribution in [2.45, 2.75) is 44.2 Å². The van der Waals surface area contributed by atoms with Gasteiger partial charge in [-0.25, -0.2) is 0 Å². The van der Waals surface area contributed by atoms with E-state index >= 15 is 0 Å². The van der Waals surface area contributed by atoms with Gasteiger partial charge in [0, 0.05) is 17.0 Å². The summed E-state index contributed by atoms with van der Waals surface area (Å²) >= 11 is 1.67. The maximum Gasteiger partial charge on any atom is 0.228 e. The highest BCUT2D eigenvalue weighted by Crippen LogP contribution is 2.38. The molecule has 2 fully saturated rings. The van der Waals surface area contributed by atoms with Gasteiger partial charge in [-0.3, -0.25) is 4.79 Å². The molecule has 3 rings (SSSR count). The van der Waals surface area contributed by atoms with Crippen molar-refractivity contribution in [1.82, 2.24) is 4.90 Å². The van der Waals surface area contributed by atoms with Gasteiger partial charge >= 0.3 is 0 Å². The lowest BCUT2D eigenvalue weighted by atomic mass is 9.98. The second-order valence-corrected chi connectivity index (χ2v) is 6.13. The van der Waals surface area contributed by atoms with Crippen molar-refractivity contribution in [2.24, 2.45) is 0 Å². The fourth-order valence-corrected chi connectivity index (χ4v) is 3.87. The number of rotatable bonds is 2. The number of hydrogen-bond donors (Lipinski definition) is 0. The molecule has 0 spiro atoms. The molecule has 0 radical (unpaired) electrons. The summed E-state index contributed by atoms with van der Waals surface area (Å²) in [5, 5.41) is 2.04. The van der Waals surface area contributed by atoms with Crippen LogP contribution in [0.1, 0.15) is 30.6 Å². The molecule has 2 aliphatic heterocycles. The predicted molar refractivity (Wildman–Crippen MR) is 70.1 cm³/mol. The lowest BCUT2D eigenvalue weighted by Gasteiger charge is -2.36. The molecule has 1 aromatic heterocycles. The van der Waals surface area contributed by atoms with Gasteiger partial charge in [0.2, 0.25) is 5.91 Å².